The smallest absolute Gasteiger partial charge is 0.224 e. The number of nitrogens with zero attached hydrogens (tertiary/aromatic N) is 1. The minimum atomic E-state index is 0.0668. The van der Waals surface area contributed by atoms with Gasteiger partial charge >= 0.3 is 0 Å². The Morgan fingerprint density at radius 2 is 2.00 bits per heavy atom. The molecule has 1 amide bonds. The topological polar surface area (TPSA) is 42.0 Å². The largest absolute Gasteiger partial charge is 0.355 e. The highest BCUT2D eigenvalue weighted by Gasteiger charge is 2.04. The van der Waals surface area contributed by atoms with Crippen molar-refractivity contribution in [2.24, 2.45) is 0 Å². The number of carbonyl (C=O) groups excluding carboxylic acids is 1. The molecule has 1 aromatic carbocycles. The van der Waals surface area contributed by atoms with Crippen LogP contribution < -0.4 is 5.32 Å². The zero-order valence-corrected chi connectivity index (χ0v) is 12.1. The number of hydrogen-bond acceptors (Lipinski definition) is 3. The monoisotopic (exact) mass is 274 g/mol. The summed E-state index contributed by atoms with van der Waals surface area (Å²) in [6.45, 7) is 4.73. The molecule has 1 N–H and O–H groups in total. The maximum atomic E-state index is 11.8. The summed E-state index contributed by atoms with van der Waals surface area (Å²) in [5.41, 5.74) is 2.26. The highest BCUT2D eigenvalue weighted by atomic mass is 32.1. The second kappa shape index (κ2) is 6.48. The number of benzene rings is 1. The Morgan fingerprint density at radius 1 is 1.26 bits per heavy atom. The van der Waals surface area contributed by atoms with Crippen LogP contribution in [0.5, 0.6) is 0 Å². The standard InChI is InChI=1S/C15H18N2OS/c1-11-3-5-13(6-4-11)9-14(18)16-8-7-15-17-10-12(2)19-15/h3-6,10H,7-9H2,1-2H3,(H,16,18). The van der Waals surface area contributed by atoms with Gasteiger partial charge in [0, 0.05) is 24.0 Å². The lowest BCUT2D eigenvalue weighted by Crippen LogP contribution is -2.27. The molecule has 0 radical (unpaired) electrons. The van der Waals surface area contributed by atoms with Crippen molar-refractivity contribution in [1.29, 1.82) is 0 Å². The lowest BCUT2D eigenvalue weighted by molar-refractivity contribution is -0.120. The Kier molecular flexibility index (Phi) is 4.68. The van der Waals surface area contributed by atoms with Gasteiger partial charge in [-0.15, -0.1) is 11.3 Å². The SMILES string of the molecule is Cc1ccc(CC(=O)NCCc2ncc(C)s2)cc1. The van der Waals surface area contributed by atoms with Crippen LogP contribution in [0.4, 0.5) is 0 Å². The van der Waals surface area contributed by atoms with E-state index in [2.05, 4.69) is 10.3 Å². The van der Waals surface area contributed by atoms with Crippen LogP contribution in [0, 0.1) is 13.8 Å². The summed E-state index contributed by atoms with van der Waals surface area (Å²) in [6.07, 6.45) is 3.11. The number of thiazole rings is 1. The molecule has 0 unspecified atom stereocenters. The molecule has 3 nitrogen and oxygen atoms in total. The number of amides is 1. The molecule has 0 bridgehead atoms. The van der Waals surface area contributed by atoms with E-state index >= 15 is 0 Å². The minimum Gasteiger partial charge on any atom is -0.355 e. The number of hydrogen-bond donors (Lipinski definition) is 1. The Labute approximate surface area is 117 Å². The first-order valence-electron chi connectivity index (χ1n) is 6.37. The molecule has 0 saturated heterocycles. The summed E-state index contributed by atoms with van der Waals surface area (Å²) in [7, 11) is 0. The first-order chi connectivity index (χ1) is 9.13. The first-order valence-corrected chi connectivity index (χ1v) is 7.18. The summed E-state index contributed by atoms with van der Waals surface area (Å²) in [5, 5.41) is 4.01. The van der Waals surface area contributed by atoms with E-state index in [0.29, 0.717) is 13.0 Å². The third kappa shape index (κ3) is 4.48. The molecule has 1 heterocycles. The van der Waals surface area contributed by atoms with Crippen LogP contribution in [0.1, 0.15) is 21.0 Å². The Balaban J connectivity index is 1.74. The molecular weight excluding hydrogens is 256 g/mol. The summed E-state index contributed by atoms with van der Waals surface area (Å²) in [5.74, 6) is 0.0668. The van der Waals surface area contributed by atoms with Gasteiger partial charge in [-0.25, -0.2) is 4.98 Å². The molecule has 0 saturated carbocycles. The summed E-state index contributed by atoms with van der Waals surface area (Å²) in [6, 6.07) is 8.06. The average Bonchev–Trinajstić information content (AvgIpc) is 2.78. The third-order valence-corrected chi connectivity index (χ3v) is 3.79. The second-order valence-electron chi connectivity index (χ2n) is 4.63. The van der Waals surface area contributed by atoms with E-state index in [-0.39, 0.29) is 5.91 Å². The fraction of sp³-hybridized carbons (Fsp3) is 0.333. The second-order valence-corrected chi connectivity index (χ2v) is 5.95. The lowest BCUT2D eigenvalue weighted by atomic mass is 10.1. The van der Waals surface area contributed by atoms with Gasteiger partial charge < -0.3 is 5.32 Å². The van der Waals surface area contributed by atoms with Crippen LogP contribution in [0.2, 0.25) is 0 Å². The van der Waals surface area contributed by atoms with Gasteiger partial charge in [-0.05, 0) is 19.4 Å². The van der Waals surface area contributed by atoms with Crippen molar-refractivity contribution in [3.8, 4) is 0 Å². The van der Waals surface area contributed by atoms with Crippen molar-refractivity contribution in [1.82, 2.24) is 10.3 Å². The highest BCUT2D eigenvalue weighted by molar-refractivity contribution is 7.11. The van der Waals surface area contributed by atoms with Gasteiger partial charge in [0.1, 0.15) is 0 Å². The molecule has 2 rings (SSSR count). The van der Waals surface area contributed by atoms with E-state index in [1.54, 1.807) is 11.3 Å². The quantitative estimate of drug-likeness (QED) is 0.910. The molecule has 0 fully saturated rings. The number of nitrogens with one attached hydrogen (secondary N) is 1. The zero-order valence-electron chi connectivity index (χ0n) is 11.3. The van der Waals surface area contributed by atoms with Gasteiger partial charge in [0.2, 0.25) is 5.91 Å². The summed E-state index contributed by atoms with van der Waals surface area (Å²) in [4.78, 5) is 17.2. The van der Waals surface area contributed by atoms with E-state index in [4.69, 9.17) is 0 Å². The fourth-order valence-electron chi connectivity index (χ4n) is 1.78. The van der Waals surface area contributed by atoms with Crippen LogP contribution in [-0.2, 0) is 17.6 Å². The van der Waals surface area contributed by atoms with Crippen molar-refractivity contribution in [2.75, 3.05) is 6.54 Å². The first kappa shape index (κ1) is 13.7. The van der Waals surface area contributed by atoms with Crippen molar-refractivity contribution in [3.05, 3.63) is 51.5 Å². The minimum absolute atomic E-state index is 0.0668. The number of aromatic nitrogens is 1. The fourth-order valence-corrected chi connectivity index (χ4v) is 2.57. The van der Waals surface area contributed by atoms with Crippen LogP contribution in [0.15, 0.2) is 30.5 Å². The molecule has 1 aromatic heterocycles. The zero-order chi connectivity index (χ0) is 13.7. The van der Waals surface area contributed by atoms with E-state index in [0.717, 1.165) is 17.0 Å². The molecule has 0 atom stereocenters. The third-order valence-electron chi connectivity index (χ3n) is 2.82. The number of rotatable bonds is 5. The predicted molar refractivity (Wildman–Crippen MR) is 78.4 cm³/mol. The van der Waals surface area contributed by atoms with Crippen molar-refractivity contribution in [3.63, 3.8) is 0 Å². The molecule has 19 heavy (non-hydrogen) atoms. The van der Waals surface area contributed by atoms with Gasteiger partial charge in [0.05, 0.1) is 11.4 Å². The maximum Gasteiger partial charge on any atom is 0.224 e. The number of carbonyl (C=O) groups is 1. The van der Waals surface area contributed by atoms with Gasteiger partial charge in [0.25, 0.3) is 0 Å². The summed E-state index contributed by atoms with van der Waals surface area (Å²) < 4.78 is 0. The maximum absolute atomic E-state index is 11.8. The van der Waals surface area contributed by atoms with Crippen LogP contribution in [0.3, 0.4) is 0 Å². The Hall–Kier alpha value is -1.68. The predicted octanol–water partition coefficient (Wildman–Crippen LogP) is 2.66. The van der Waals surface area contributed by atoms with Crippen molar-refractivity contribution in [2.45, 2.75) is 26.7 Å². The molecule has 0 aliphatic carbocycles. The van der Waals surface area contributed by atoms with Gasteiger partial charge in [0.15, 0.2) is 0 Å². The normalized spacial score (nSPS) is 10.4. The average molecular weight is 274 g/mol. The molecular formula is C15H18N2OS. The molecule has 2 aromatic rings. The van der Waals surface area contributed by atoms with Crippen LogP contribution >= 0.6 is 11.3 Å². The van der Waals surface area contributed by atoms with Crippen LogP contribution in [0.25, 0.3) is 0 Å². The molecule has 0 aliphatic heterocycles. The highest BCUT2D eigenvalue weighted by Crippen LogP contribution is 2.11. The molecule has 4 heteroatoms. The molecule has 100 valence electrons. The van der Waals surface area contributed by atoms with E-state index in [1.807, 2.05) is 44.3 Å². The van der Waals surface area contributed by atoms with E-state index in [1.165, 1.54) is 10.4 Å². The van der Waals surface area contributed by atoms with Gasteiger partial charge in [-0.1, -0.05) is 29.8 Å². The van der Waals surface area contributed by atoms with Gasteiger partial charge in [-0.2, -0.15) is 0 Å². The summed E-state index contributed by atoms with van der Waals surface area (Å²) >= 11 is 1.68. The Bertz CT molecular complexity index is 546. The van der Waals surface area contributed by atoms with E-state index < -0.39 is 0 Å². The number of aryl methyl sites for hydroxylation is 2. The molecule has 0 aliphatic rings. The van der Waals surface area contributed by atoms with Crippen molar-refractivity contribution < 1.29 is 4.79 Å². The van der Waals surface area contributed by atoms with Gasteiger partial charge in [-0.3, -0.25) is 4.79 Å². The molecule has 0 spiro atoms. The lowest BCUT2D eigenvalue weighted by Gasteiger charge is -2.04. The Morgan fingerprint density at radius 3 is 2.63 bits per heavy atom. The van der Waals surface area contributed by atoms with Crippen LogP contribution in [-0.4, -0.2) is 17.4 Å². The van der Waals surface area contributed by atoms with Crippen molar-refractivity contribution >= 4 is 17.2 Å². The van der Waals surface area contributed by atoms with E-state index in [9.17, 15) is 4.79 Å².